The Morgan fingerprint density at radius 3 is 2.54 bits per heavy atom. The second kappa shape index (κ2) is 8.30. The first-order chi connectivity index (χ1) is 13.4. The Kier molecular flexibility index (Phi) is 5.84. The zero-order chi connectivity index (χ0) is 20.3. The number of fused-ring (bicyclic) bond motifs is 1. The third kappa shape index (κ3) is 4.25. The summed E-state index contributed by atoms with van der Waals surface area (Å²) in [6.45, 7) is 3.09. The number of halogens is 1. The van der Waals surface area contributed by atoms with Gasteiger partial charge < -0.3 is 9.15 Å². The van der Waals surface area contributed by atoms with Crippen LogP contribution in [0.5, 0.6) is 5.75 Å². The fraction of sp³-hybridized carbons (Fsp3) is 0.211. The maximum absolute atomic E-state index is 12.4. The number of nitrogens with one attached hydrogen (secondary N) is 2. The summed E-state index contributed by atoms with van der Waals surface area (Å²) in [4.78, 5) is 36.6. The van der Waals surface area contributed by atoms with E-state index in [9.17, 15) is 14.4 Å². The van der Waals surface area contributed by atoms with Crippen LogP contribution in [0.3, 0.4) is 0 Å². The van der Waals surface area contributed by atoms with E-state index in [4.69, 9.17) is 9.15 Å². The smallest absolute Gasteiger partial charge is 0.420 e. The van der Waals surface area contributed by atoms with Crippen molar-refractivity contribution in [3.63, 3.8) is 0 Å². The molecular weight excluding hydrogens is 430 g/mol. The van der Waals surface area contributed by atoms with Crippen LogP contribution < -0.4 is 21.3 Å². The van der Waals surface area contributed by atoms with Crippen LogP contribution in [-0.2, 0) is 9.59 Å². The number of hydrazine groups is 1. The molecule has 0 bridgehead atoms. The van der Waals surface area contributed by atoms with E-state index >= 15 is 0 Å². The Morgan fingerprint density at radius 1 is 1.07 bits per heavy atom. The van der Waals surface area contributed by atoms with E-state index in [1.54, 1.807) is 49.4 Å². The van der Waals surface area contributed by atoms with Crippen LogP contribution in [0.1, 0.15) is 19.9 Å². The Hall–Kier alpha value is -3.07. The number of benzene rings is 2. The largest absolute Gasteiger partial charge is 0.481 e. The highest BCUT2D eigenvalue weighted by atomic mass is 79.9. The van der Waals surface area contributed by atoms with Crippen molar-refractivity contribution in [3.8, 4) is 5.75 Å². The molecule has 0 radical (unpaired) electrons. The van der Waals surface area contributed by atoms with Crippen LogP contribution in [0.4, 0.5) is 0 Å². The molecule has 3 rings (SSSR count). The molecule has 3 aromatic rings. The predicted octanol–water partition coefficient (Wildman–Crippen LogP) is 2.53. The molecule has 2 aromatic carbocycles. The van der Waals surface area contributed by atoms with Gasteiger partial charge in [-0.15, -0.1) is 0 Å². The van der Waals surface area contributed by atoms with Crippen LogP contribution >= 0.6 is 15.9 Å². The number of para-hydroxylation sites is 2. The fourth-order valence-electron chi connectivity index (χ4n) is 2.60. The van der Waals surface area contributed by atoms with Crippen molar-refractivity contribution in [1.82, 2.24) is 15.4 Å². The van der Waals surface area contributed by atoms with Gasteiger partial charge in [-0.05, 0) is 44.2 Å². The van der Waals surface area contributed by atoms with E-state index < -0.39 is 29.7 Å². The van der Waals surface area contributed by atoms with Crippen molar-refractivity contribution in [2.45, 2.75) is 26.0 Å². The number of nitrogens with zero attached hydrogens (tertiary/aromatic N) is 1. The molecule has 0 unspecified atom stereocenters. The van der Waals surface area contributed by atoms with Gasteiger partial charge in [-0.25, -0.2) is 4.79 Å². The molecule has 146 valence electrons. The van der Waals surface area contributed by atoms with Gasteiger partial charge in [0, 0.05) is 4.47 Å². The number of carbonyl (C=O) groups is 2. The highest BCUT2D eigenvalue weighted by Crippen LogP contribution is 2.19. The quantitative estimate of drug-likeness (QED) is 0.585. The zero-order valence-corrected chi connectivity index (χ0v) is 16.7. The number of ether oxygens (including phenoxy) is 1. The van der Waals surface area contributed by atoms with Gasteiger partial charge in [-0.2, -0.15) is 0 Å². The number of hydrogen-bond donors (Lipinski definition) is 2. The van der Waals surface area contributed by atoms with E-state index in [2.05, 4.69) is 26.8 Å². The van der Waals surface area contributed by atoms with Crippen molar-refractivity contribution in [1.29, 1.82) is 0 Å². The van der Waals surface area contributed by atoms with Crippen molar-refractivity contribution < 1.29 is 18.7 Å². The summed E-state index contributed by atoms with van der Waals surface area (Å²) in [5.74, 6) is -1.25. The Labute approximate surface area is 168 Å². The lowest BCUT2D eigenvalue weighted by Gasteiger charge is -2.17. The van der Waals surface area contributed by atoms with Crippen LogP contribution in [-0.4, -0.2) is 22.5 Å². The van der Waals surface area contributed by atoms with E-state index in [-0.39, 0.29) is 0 Å². The van der Waals surface area contributed by atoms with Gasteiger partial charge in [-0.3, -0.25) is 25.0 Å². The monoisotopic (exact) mass is 447 g/mol. The second-order valence-electron chi connectivity index (χ2n) is 6.08. The number of rotatable bonds is 5. The van der Waals surface area contributed by atoms with Gasteiger partial charge >= 0.3 is 5.76 Å². The Balaban J connectivity index is 1.62. The third-order valence-corrected chi connectivity index (χ3v) is 4.57. The molecule has 0 saturated heterocycles. The van der Waals surface area contributed by atoms with Gasteiger partial charge in [0.25, 0.3) is 11.8 Å². The van der Waals surface area contributed by atoms with Gasteiger partial charge in [0.15, 0.2) is 11.7 Å². The number of amides is 2. The van der Waals surface area contributed by atoms with Crippen LogP contribution in [0.15, 0.2) is 62.2 Å². The summed E-state index contributed by atoms with van der Waals surface area (Å²) in [5.41, 5.74) is 5.49. The molecular formula is C19H18BrN3O5. The molecule has 0 saturated carbocycles. The normalized spacial score (nSPS) is 13.0. The summed E-state index contributed by atoms with van der Waals surface area (Å²) in [6.07, 6.45) is -0.845. The van der Waals surface area contributed by atoms with Crippen LogP contribution in [0, 0.1) is 0 Å². The minimum atomic E-state index is -0.891. The molecule has 0 aliphatic rings. The van der Waals surface area contributed by atoms with Crippen LogP contribution in [0.25, 0.3) is 11.1 Å². The maximum atomic E-state index is 12.4. The number of hydrogen-bond acceptors (Lipinski definition) is 5. The van der Waals surface area contributed by atoms with E-state index in [0.717, 1.165) is 4.47 Å². The van der Waals surface area contributed by atoms with Gasteiger partial charge in [0.05, 0.1) is 5.52 Å². The summed E-state index contributed by atoms with van der Waals surface area (Å²) in [5, 5.41) is 0. The molecule has 2 atom stereocenters. The highest BCUT2D eigenvalue weighted by molar-refractivity contribution is 9.10. The molecule has 0 aliphatic carbocycles. The Morgan fingerprint density at radius 2 is 1.79 bits per heavy atom. The first-order valence-corrected chi connectivity index (χ1v) is 9.28. The lowest BCUT2D eigenvalue weighted by Crippen LogP contribution is -2.49. The number of carbonyl (C=O) groups excluding carboxylic acids is 2. The molecule has 0 fully saturated rings. The second-order valence-corrected chi connectivity index (χ2v) is 6.99. The average Bonchev–Trinajstić information content (AvgIpc) is 3.00. The van der Waals surface area contributed by atoms with Crippen molar-refractivity contribution >= 4 is 38.8 Å². The molecule has 2 N–H and O–H groups in total. The minimum Gasteiger partial charge on any atom is -0.481 e. The minimum absolute atomic E-state index is 0.382. The lowest BCUT2D eigenvalue weighted by molar-refractivity contribution is -0.133. The van der Waals surface area contributed by atoms with Gasteiger partial charge in [-0.1, -0.05) is 34.1 Å². The molecule has 9 heteroatoms. The first kappa shape index (κ1) is 19.7. The SMILES string of the molecule is C[C@H](C(=O)NNC(=O)[C@@H](C)Oc1cccc(Br)c1)n1c(=O)oc2ccccc21. The average molecular weight is 448 g/mol. The van der Waals surface area contributed by atoms with Gasteiger partial charge in [0.1, 0.15) is 11.8 Å². The maximum Gasteiger partial charge on any atom is 0.420 e. The number of aromatic nitrogens is 1. The first-order valence-electron chi connectivity index (χ1n) is 8.49. The summed E-state index contributed by atoms with van der Waals surface area (Å²) in [7, 11) is 0. The van der Waals surface area contributed by atoms with Crippen molar-refractivity contribution in [3.05, 3.63) is 63.6 Å². The van der Waals surface area contributed by atoms with Crippen molar-refractivity contribution in [2.75, 3.05) is 0 Å². The highest BCUT2D eigenvalue weighted by Gasteiger charge is 2.22. The summed E-state index contributed by atoms with van der Waals surface area (Å²) < 4.78 is 12.7. The Bertz CT molecular complexity index is 1070. The molecule has 1 aromatic heterocycles. The van der Waals surface area contributed by atoms with E-state index in [1.165, 1.54) is 11.5 Å². The van der Waals surface area contributed by atoms with Crippen LogP contribution in [0.2, 0.25) is 0 Å². The standard InChI is InChI=1S/C19H18BrN3O5/c1-11(23-15-8-3-4-9-16(15)28-19(23)26)17(24)21-22-18(25)12(2)27-14-7-5-6-13(20)10-14/h3-12H,1-2H3,(H,21,24)(H,22,25)/t11-,12-/m1/s1. The molecule has 2 amide bonds. The summed E-state index contributed by atoms with van der Waals surface area (Å²) in [6, 6.07) is 12.9. The van der Waals surface area contributed by atoms with Gasteiger partial charge in [0.2, 0.25) is 0 Å². The molecule has 1 heterocycles. The van der Waals surface area contributed by atoms with E-state index in [1.807, 2.05) is 6.07 Å². The summed E-state index contributed by atoms with van der Waals surface area (Å²) >= 11 is 3.32. The topological polar surface area (TPSA) is 103 Å². The third-order valence-electron chi connectivity index (χ3n) is 4.07. The molecule has 0 spiro atoms. The van der Waals surface area contributed by atoms with E-state index in [0.29, 0.717) is 16.8 Å². The number of oxazole rings is 1. The fourth-order valence-corrected chi connectivity index (χ4v) is 2.97. The van der Waals surface area contributed by atoms with Crippen molar-refractivity contribution in [2.24, 2.45) is 0 Å². The lowest BCUT2D eigenvalue weighted by atomic mass is 10.2. The molecule has 0 aliphatic heterocycles. The molecule has 28 heavy (non-hydrogen) atoms. The molecule has 8 nitrogen and oxygen atoms in total. The predicted molar refractivity (Wildman–Crippen MR) is 106 cm³/mol. The zero-order valence-electron chi connectivity index (χ0n) is 15.1.